The minimum Gasteiger partial charge on any atom is -0.478 e. The number of unbranched alkanes of at least 4 members (excludes halogenated alkanes) is 3. The van der Waals surface area contributed by atoms with Crippen LogP contribution in [0.25, 0.3) is 0 Å². The Morgan fingerprint density at radius 1 is 1.00 bits per heavy atom. The van der Waals surface area contributed by atoms with Gasteiger partial charge in [0.2, 0.25) is 0 Å². The normalized spacial score (nSPS) is 7.65. The molecule has 0 aliphatic rings. The number of carbonyl (C=O) groups is 2. The third-order valence-corrected chi connectivity index (χ3v) is 1.36. The fraction of sp³-hybridized carbons (Fsp3) is 0.500. The van der Waals surface area contributed by atoms with Crippen LogP contribution in [0.2, 0.25) is 0 Å². The van der Waals surface area contributed by atoms with Crippen LogP contribution in [0.3, 0.4) is 0 Å². The number of aliphatic carboxylic acids is 2. The summed E-state index contributed by atoms with van der Waals surface area (Å²) in [7, 11) is 0. The van der Waals surface area contributed by atoms with Gasteiger partial charge in [0.15, 0.2) is 0 Å². The number of hydrogen-bond acceptors (Lipinski definition) is 3. The molecule has 0 aliphatic carbocycles. The Bertz CT molecular complexity index is 189. The number of carboxylic acids is 2. The summed E-state index contributed by atoms with van der Waals surface area (Å²) in [5, 5.41) is 23.5. The molecule has 0 spiro atoms. The molecule has 100 valence electrons. The SMILES string of the molecule is C=CC(=O)O.C=CC(=O)O.CCCCCCO. The van der Waals surface area contributed by atoms with Crippen LogP contribution in [0.4, 0.5) is 0 Å². The van der Waals surface area contributed by atoms with Gasteiger partial charge in [0.1, 0.15) is 0 Å². The number of aliphatic hydroxyl groups is 1. The summed E-state index contributed by atoms with van der Waals surface area (Å²) in [6.45, 7) is 8.45. The second kappa shape index (κ2) is 19.9. The van der Waals surface area contributed by atoms with Crippen molar-refractivity contribution in [2.24, 2.45) is 0 Å². The Kier molecular flexibility index (Phi) is 24.3. The minimum absolute atomic E-state index is 0.361. The van der Waals surface area contributed by atoms with E-state index in [0.717, 1.165) is 18.6 Å². The summed E-state index contributed by atoms with van der Waals surface area (Å²) in [6.07, 6.45) is 6.35. The van der Waals surface area contributed by atoms with Gasteiger partial charge >= 0.3 is 11.9 Å². The topological polar surface area (TPSA) is 94.8 Å². The molecule has 0 saturated carbocycles. The zero-order valence-corrected chi connectivity index (χ0v) is 10.3. The largest absolute Gasteiger partial charge is 0.478 e. The molecule has 0 fully saturated rings. The summed E-state index contributed by atoms with van der Waals surface area (Å²) in [5.41, 5.74) is 0. The maximum Gasteiger partial charge on any atom is 0.327 e. The van der Waals surface area contributed by atoms with Crippen molar-refractivity contribution in [2.75, 3.05) is 6.61 Å². The van der Waals surface area contributed by atoms with Crippen LogP contribution in [0, 0.1) is 0 Å². The van der Waals surface area contributed by atoms with Gasteiger partial charge in [-0.05, 0) is 6.42 Å². The summed E-state index contributed by atoms with van der Waals surface area (Å²) < 4.78 is 0. The summed E-state index contributed by atoms with van der Waals surface area (Å²) in [5.74, 6) is -1.96. The highest BCUT2D eigenvalue weighted by atomic mass is 16.4. The molecular weight excluding hydrogens is 224 g/mol. The fourth-order valence-corrected chi connectivity index (χ4v) is 0.539. The molecule has 0 rings (SSSR count). The third kappa shape index (κ3) is 54.1. The van der Waals surface area contributed by atoms with Crippen molar-refractivity contribution in [3.8, 4) is 0 Å². The van der Waals surface area contributed by atoms with Crippen LogP contribution in [0.15, 0.2) is 25.3 Å². The van der Waals surface area contributed by atoms with E-state index in [2.05, 4.69) is 20.1 Å². The average Bonchev–Trinajstić information content (AvgIpc) is 2.31. The lowest BCUT2D eigenvalue weighted by Gasteiger charge is -1.90. The highest BCUT2D eigenvalue weighted by Gasteiger charge is 1.80. The Labute approximate surface area is 102 Å². The molecule has 0 heterocycles. The van der Waals surface area contributed by atoms with E-state index >= 15 is 0 Å². The zero-order chi connectivity index (χ0) is 14.1. The second-order valence-corrected chi connectivity index (χ2v) is 2.87. The van der Waals surface area contributed by atoms with E-state index < -0.39 is 11.9 Å². The van der Waals surface area contributed by atoms with Gasteiger partial charge in [-0.3, -0.25) is 0 Å². The zero-order valence-electron chi connectivity index (χ0n) is 10.3. The molecule has 5 nitrogen and oxygen atoms in total. The van der Waals surface area contributed by atoms with Gasteiger partial charge in [-0.25, -0.2) is 9.59 Å². The molecule has 0 amide bonds. The lowest BCUT2D eigenvalue weighted by Crippen LogP contribution is -1.82. The number of rotatable bonds is 6. The minimum atomic E-state index is -0.981. The van der Waals surface area contributed by atoms with E-state index in [1.165, 1.54) is 19.3 Å². The monoisotopic (exact) mass is 246 g/mol. The van der Waals surface area contributed by atoms with Gasteiger partial charge in [-0.2, -0.15) is 0 Å². The van der Waals surface area contributed by atoms with Gasteiger partial charge in [-0.1, -0.05) is 39.3 Å². The van der Waals surface area contributed by atoms with Gasteiger partial charge in [0.05, 0.1) is 0 Å². The van der Waals surface area contributed by atoms with Gasteiger partial charge in [0, 0.05) is 18.8 Å². The Balaban J connectivity index is -0.000000177. The highest BCUT2D eigenvalue weighted by molar-refractivity contribution is 5.79. The Morgan fingerprint density at radius 3 is 1.53 bits per heavy atom. The quantitative estimate of drug-likeness (QED) is 0.492. The second-order valence-electron chi connectivity index (χ2n) is 2.87. The van der Waals surface area contributed by atoms with E-state index in [1.54, 1.807) is 0 Å². The molecule has 3 N–H and O–H groups in total. The fourth-order valence-electron chi connectivity index (χ4n) is 0.539. The lowest BCUT2D eigenvalue weighted by atomic mass is 10.2. The van der Waals surface area contributed by atoms with Crippen LogP contribution in [0.5, 0.6) is 0 Å². The van der Waals surface area contributed by atoms with Crippen molar-refractivity contribution in [3.05, 3.63) is 25.3 Å². The molecule has 0 aromatic rings. The predicted octanol–water partition coefficient (Wildman–Crippen LogP) is 2.07. The van der Waals surface area contributed by atoms with Crippen LogP contribution in [-0.4, -0.2) is 33.9 Å². The first-order valence-corrected chi connectivity index (χ1v) is 5.27. The Hall–Kier alpha value is -1.62. The van der Waals surface area contributed by atoms with Gasteiger partial charge in [0.25, 0.3) is 0 Å². The summed E-state index contributed by atoms with van der Waals surface area (Å²) >= 11 is 0. The Morgan fingerprint density at radius 2 is 1.35 bits per heavy atom. The van der Waals surface area contributed by atoms with Crippen LogP contribution in [-0.2, 0) is 9.59 Å². The van der Waals surface area contributed by atoms with Crippen molar-refractivity contribution in [1.29, 1.82) is 0 Å². The first kappa shape index (κ1) is 20.8. The van der Waals surface area contributed by atoms with E-state index in [-0.39, 0.29) is 0 Å². The van der Waals surface area contributed by atoms with Crippen LogP contribution in [0.1, 0.15) is 32.6 Å². The van der Waals surface area contributed by atoms with E-state index in [4.69, 9.17) is 15.3 Å². The van der Waals surface area contributed by atoms with Crippen molar-refractivity contribution in [3.63, 3.8) is 0 Å². The highest BCUT2D eigenvalue weighted by Crippen LogP contribution is 1.96. The first-order chi connectivity index (χ1) is 7.95. The summed E-state index contributed by atoms with van der Waals surface area (Å²) in [4.78, 5) is 18.5. The van der Waals surface area contributed by atoms with Crippen LogP contribution >= 0.6 is 0 Å². The molecule has 0 aromatic heterocycles. The molecule has 17 heavy (non-hydrogen) atoms. The molecule has 0 atom stereocenters. The van der Waals surface area contributed by atoms with Crippen molar-refractivity contribution < 1.29 is 24.9 Å². The maximum atomic E-state index is 9.25. The molecule has 0 radical (unpaired) electrons. The average molecular weight is 246 g/mol. The molecule has 0 unspecified atom stereocenters. The summed E-state index contributed by atoms with van der Waals surface area (Å²) in [6, 6.07) is 0. The molecular formula is C12H22O5. The van der Waals surface area contributed by atoms with Crippen LogP contribution < -0.4 is 0 Å². The molecule has 0 saturated heterocycles. The molecule has 0 aliphatic heterocycles. The van der Waals surface area contributed by atoms with Crippen molar-refractivity contribution in [2.45, 2.75) is 32.6 Å². The standard InChI is InChI=1S/C6H14O.2C3H4O2/c1-2-3-4-5-6-7;2*1-2-3(4)5/h7H,2-6H2,1H3;2*2H,1H2,(H,4,5). The van der Waals surface area contributed by atoms with Gasteiger partial charge < -0.3 is 15.3 Å². The van der Waals surface area contributed by atoms with Crippen molar-refractivity contribution >= 4 is 11.9 Å². The smallest absolute Gasteiger partial charge is 0.327 e. The lowest BCUT2D eigenvalue weighted by molar-refractivity contribution is -0.132. The first-order valence-electron chi connectivity index (χ1n) is 5.27. The number of carboxylic acid groups (broad SMARTS) is 2. The molecule has 0 aromatic carbocycles. The predicted molar refractivity (Wildman–Crippen MR) is 66.9 cm³/mol. The molecule has 0 bridgehead atoms. The third-order valence-electron chi connectivity index (χ3n) is 1.36. The van der Waals surface area contributed by atoms with E-state index in [0.29, 0.717) is 6.61 Å². The maximum absolute atomic E-state index is 9.25. The van der Waals surface area contributed by atoms with Crippen molar-refractivity contribution in [1.82, 2.24) is 0 Å². The molecule has 5 heteroatoms. The number of hydrogen-bond donors (Lipinski definition) is 3. The van der Waals surface area contributed by atoms with E-state index in [1.807, 2.05) is 0 Å². The number of aliphatic hydroxyl groups excluding tert-OH is 1. The van der Waals surface area contributed by atoms with Gasteiger partial charge in [-0.15, -0.1) is 0 Å². The van der Waals surface area contributed by atoms with E-state index in [9.17, 15) is 9.59 Å².